The molecule has 1 aliphatic rings. The maximum atomic E-state index is 2.41. The topological polar surface area (TPSA) is 0 Å². The minimum absolute atomic E-state index is 0.331. The minimum Gasteiger partial charge on any atom is -0.0622 e. The van der Waals surface area contributed by atoms with Gasteiger partial charge in [0.25, 0.3) is 0 Å². The molecular weight excluding hydrogens is 204 g/mol. The Hall–Kier alpha value is -1.56. The summed E-state index contributed by atoms with van der Waals surface area (Å²) in [5.41, 5.74) is 4.89. The van der Waals surface area contributed by atoms with Gasteiger partial charge in [-0.05, 0) is 41.4 Å². The van der Waals surface area contributed by atoms with Gasteiger partial charge in [0.05, 0.1) is 0 Å². The van der Waals surface area contributed by atoms with E-state index in [1.54, 1.807) is 11.1 Å². The van der Waals surface area contributed by atoms with Crippen LogP contribution >= 0.6 is 0 Å². The van der Waals surface area contributed by atoms with E-state index in [0.717, 1.165) is 6.42 Å². The number of benzene rings is 2. The highest BCUT2D eigenvalue weighted by Crippen LogP contribution is 2.40. The maximum absolute atomic E-state index is 2.41. The molecule has 17 heavy (non-hydrogen) atoms. The molecule has 0 aromatic heterocycles. The molecule has 86 valence electrons. The van der Waals surface area contributed by atoms with Gasteiger partial charge in [-0.15, -0.1) is 0 Å². The lowest BCUT2D eigenvalue weighted by Crippen LogP contribution is -2.21. The van der Waals surface area contributed by atoms with Gasteiger partial charge in [0.2, 0.25) is 0 Å². The zero-order chi connectivity index (χ0) is 11.7. The van der Waals surface area contributed by atoms with Crippen molar-refractivity contribution in [2.45, 2.75) is 31.6 Å². The molecule has 0 nitrogen and oxygen atoms in total. The van der Waals surface area contributed by atoms with E-state index >= 15 is 0 Å². The lowest BCUT2D eigenvalue weighted by atomic mass is 9.78. The highest BCUT2D eigenvalue weighted by Gasteiger charge is 2.33. The van der Waals surface area contributed by atoms with Crippen molar-refractivity contribution in [2.75, 3.05) is 0 Å². The second-order valence-electron chi connectivity index (χ2n) is 5.38. The van der Waals surface area contributed by atoms with Gasteiger partial charge in [-0.1, -0.05) is 61.5 Å². The van der Waals surface area contributed by atoms with Crippen molar-refractivity contribution in [3.63, 3.8) is 0 Å². The van der Waals surface area contributed by atoms with E-state index in [9.17, 15) is 0 Å². The predicted octanol–water partition coefficient (Wildman–Crippen LogP) is 4.13. The first-order valence-corrected chi connectivity index (χ1v) is 6.40. The molecule has 0 bridgehead atoms. The molecular formula is C17H18. The number of rotatable bonds is 2. The first-order valence-electron chi connectivity index (χ1n) is 6.40. The Morgan fingerprint density at radius 1 is 0.941 bits per heavy atom. The van der Waals surface area contributed by atoms with Crippen molar-refractivity contribution >= 4 is 0 Å². The quantitative estimate of drug-likeness (QED) is 0.716. The van der Waals surface area contributed by atoms with Crippen LogP contribution < -0.4 is 0 Å². The van der Waals surface area contributed by atoms with Crippen LogP contribution in [0.1, 0.15) is 30.0 Å². The number of aryl methyl sites for hydroxylation is 1. The Morgan fingerprint density at radius 2 is 1.65 bits per heavy atom. The van der Waals surface area contributed by atoms with Crippen LogP contribution in [0.15, 0.2) is 54.6 Å². The zero-order valence-electron chi connectivity index (χ0n) is 10.3. The van der Waals surface area contributed by atoms with Crippen LogP contribution in [0.5, 0.6) is 0 Å². The largest absolute Gasteiger partial charge is 0.0622 e. The average molecular weight is 222 g/mol. The van der Waals surface area contributed by atoms with Crippen molar-refractivity contribution in [2.24, 2.45) is 0 Å². The standard InChI is InChI=1S/C17H18/c1-17(13-14-7-3-2-4-8-14)12-11-15-9-5-6-10-16(15)17/h2-10H,11-13H2,1H3. The molecule has 0 heteroatoms. The van der Waals surface area contributed by atoms with Crippen LogP contribution in [0.2, 0.25) is 0 Å². The van der Waals surface area contributed by atoms with Gasteiger partial charge in [-0.3, -0.25) is 0 Å². The fourth-order valence-corrected chi connectivity index (χ4v) is 3.10. The molecule has 1 aliphatic carbocycles. The van der Waals surface area contributed by atoms with Crippen molar-refractivity contribution in [1.82, 2.24) is 0 Å². The fraction of sp³-hybridized carbons (Fsp3) is 0.294. The number of hydrogen-bond acceptors (Lipinski definition) is 0. The highest BCUT2D eigenvalue weighted by atomic mass is 14.4. The third kappa shape index (κ3) is 1.88. The van der Waals surface area contributed by atoms with Gasteiger partial charge < -0.3 is 0 Å². The summed E-state index contributed by atoms with van der Waals surface area (Å²) in [5.74, 6) is 0. The van der Waals surface area contributed by atoms with E-state index in [0.29, 0.717) is 5.41 Å². The summed E-state index contributed by atoms with van der Waals surface area (Å²) in [6, 6.07) is 19.8. The number of hydrogen-bond donors (Lipinski definition) is 0. The Bertz CT molecular complexity index is 513. The van der Waals surface area contributed by atoms with Crippen LogP contribution in [-0.4, -0.2) is 0 Å². The van der Waals surface area contributed by atoms with Crippen LogP contribution in [0.3, 0.4) is 0 Å². The molecule has 2 aromatic carbocycles. The SMILES string of the molecule is CC1(Cc2ccccc2)CCc2ccccc21. The normalized spacial score (nSPS) is 22.4. The van der Waals surface area contributed by atoms with Crippen molar-refractivity contribution < 1.29 is 0 Å². The Kier molecular flexibility index (Phi) is 2.51. The van der Waals surface area contributed by atoms with Gasteiger partial charge in [0.1, 0.15) is 0 Å². The monoisotopic (exact) mass is 222 g/mol. The molecule has 0 fully saturated rings. The second-order valence-corrected chi connectivity index (χ2v) is 5.38. The third-order valence-corrected chi connectivity index (χ3v) is 4.05. The van der Waals surface area contributed by atoms with E-state index < -0.39 is 0 Å². The Balaban J connectivity index is 1.94. The van der Waals surface area contributed by atoms with Crippen molar-refractivity contribution in [3.05, 3.63) is 71.3 Å². The molecule has 0 amide bonds. The summed E-state index contributed by atoms with van der Waals surface area (Å²) in [7, 11) is 0. The van der Waals surface area contributed by atoms with E-state index in [1.807, 2.05) is 0 Å². The average Bonchev–Trinajstić information content (AvgIpc) is 2.69. The minimum atomic E-state index is 0.331. The summed E-state index contributed by atoms with van der Waals surface area (Å²) in [6.45, 7) is 2.41. The van der Waals surface area contributed by atoms with E-state index in [1.165, 1.54) is 18.4 Å². The van der Waals surface area contributed by atoms with Crippen LogP contribution in [0, 0.1) is 0 Å². The lowest BCUT2D eigenvalue weighted by molar-refractivity contribution is 0.466. The summed E-state index contributed by atoms with van der Waals surface area (Å²) < 4.78 is 0. The lowest BCUT2D eigenvalue weighted by Gasteiger charge is -2.25. The highest BCUT2D eigenvalue weighted by molar-refractivity contribution is 5.40. The van der Waals surface area contributed by atoms with Crippen molar-refractivity contribution in [3.8, 4) is 0 Å². The molecule has 0 N–H and O–H groups in total. The number of fused-ring (bicyclic) bond motifs is 1. The Labute approximate surface area is 103 Å². The molecule has 0 aliphatic heterocycles. The second kappa shape index (κ2) is 4.03. The first kappa shape index (κ1) is 10.6. The van der Waals surface area contributed by atoms with E-state index in [-0.39, 0.29) is 0 Å². The van der Waals surface area contributed by atoms with Gasteiger partial charge in [0, 0.05) is 0 Å². The smallest absolute Gasteiger partial charge is 0.00290 e. The molecule has 1 unspecified atom stereocenters. The molecule has 0 spiro atoms. The summed E-state index contributed by atoms with van der Waals surface area (Å²) in [4.78, 5) is 0. The molecule has 1 atom stereocenters. The Morgan fingerprint density at radius 3 is 2.47 bits per heavy atom. The fourth-order valence-electron chi connectivity index (χ4n) is 3.10. The molecule has 0 radical (unpaired) electrons. The molecule has 2 aromatic rings. The van der Waals surface area contributed by atoms with Gasteiger partial charge in [-0.2, -0.15) is 0 Å². The summed E-state index contributed by atoms with van der Waals surface area (Å²) >= 11 is 0. The van der Waals surface area contributed by atoms with E-state index in [4.69, 9.17) is 0 Å². The molecule has 0 saturated carbocycles. The van der Waals surface area contributed by atoms with Gasteiger partial charge in [-0.25, -0.2) is 0 Å². The van der Waals surface area contributed by atoms with Gasteiger partial charge in [0.15, 0.2) is 0 Å². The summed E-state index contributed by atoms with van der Waals surface area (Å²) in [6.07, 6.45) is 3.67. The van der Waals surface area contributed by atoms with Crippen LogP contribution in [-0.2, 0) is 18.3 Å². The van der Waals surface area contributed by atoms with Crippen LogP contribution in [0.25, 0.3) is 0 Å². The molecule has 3 rings (SSSR count). The van der Waals surface area contributed by atoms with Crippen molar-refractivity contribution in [1.29, 1.82) is 0 Å². The third-order valence-electron chi connectivity index (χ3n) is 4.05. The van der Waals surface area contributed by atoms with Gasteiger partial charge >= 0.3 is 0 Å². The first-order chi connectivity index (χ1) is 8.28. The van der Waals surface area contributed by atoms with Crippen LogP contribution in [0.4, 0.5) is 0 Å². The molecule has 0 saturated heterocycles. The predicted molar refractivity (Wildman–Crippen MR) is 72.3 cm³/mol. The molecule has 0 heterocycles. The zero-order valence-corrected chi connectivity index (χ0v) is 10.3. The maximum Gasteiger partial charge on any atom is -0.00290 e. The summed E-state index contributed by atoms with van der Waals surface area (Å²) in [5, 5.41) is 0. The van der Waals surface area contributed by atoms with E-state index in [2.05, 4.69) is 61.5 Å².